The number of aliphatic carboxylic acids is 1. The molecule has 2 aromatic carbocycles. The molecular formula is C48H67F3N4O21. The molecule has 76 heavy (non-hydrogen) atoms. The van der Waals surface area contributed by atoms with Crippen molar-refractivity contribution in [2.45, 2.75) is 6.18 Å². The largest absolute Gasteiger partial charge is 0.542 e. The molecule has 0 atom stereocenters. The zero-order chi connectivity index (χ0) is 56.6. The lowest BCUT2D eigenvalue weighted by Gasteiger charge is -2.15. The number of hydrogen-bond acceptors (Lipinski definition) is 20. The number of carbonyl (C=O) groups excluding carboxylic acids is 6. The molecule has 0 saturated carbocycles. The van der Waals surface area contributed by atoms with E-state index in [1.807, 2.05) is 0 Å². The molecule has 0 spiro atoms. The van der Waals surface area contributed by atoms with Gasteiger partial charge >= 0.3 is 12.1 Å². The highest BCUT2D eigenvalue weighted by molar-refractivity contribution is 6.13. The summed E-state index contributed by atoms with van der Waals surface area (Å²) in [7, 11) is 6.39. The summed E-state index contributed by atoms with van der Waals surface area (Å²) in [6.07, 6.45) is -0.241. The molecule has 0 radical (unpaired) electrons. The van der Waals surface area contributed by atoms with E-state index in [0.29, 0.717) is 134 Å². The number of methoxy groups -OCH3 is 4. The maximum absolute atomic E-state index is 12.7. The first-order valence-electron chi connectivity index (χ1n) is 23.2. The maximum Gasteiger partial charge on any atom is 0.430 e. The van der Waals surface area contributed by atoms with E-state index in [1.54, 1.807) is 52.7 Å². The number of carboxylic acid groups (broad SMARTS) is 2. The Labute approximate surface area is 436 Å². The fourth-order valence-corrected chi connectivity index (χ4v) is 5.43. The summed E-state index contributed by atoms with van der Waals surface area (Å²) >= 11 is 0. The molecule has 426 valence electrons. The number of alkyl halides is 3. The number of quaternary nitrogens is 1. The molecule has 0 saturated heterocycles. The third-order valence-corrected chi connectivity index (χ3v) is 9.02. The lowest BCUT2D eigenvalue weighted by Crippen LogP contribution is -2.55. The normalized spacial score (nSPS) is 12.6. The van der Waals surface area contributed by atoms with E-state index < -0.39 is 35.8 Å². The van der Waals surface area contributed by atoms with Crippen LogP contribution in [-0.4, -0.2) is 223 Å². The highest BCUT2D eigenvalue weighted by Crippen LogP contribution is 2.25. The Kier molecular flexibility index (Phi) is 35.9. The van der Waals surface area contributed by atoms with Gasteiger partial charge in [-0.1, -0.05) is 0 Å². The number of hydrogen-bond donors (Lipinski definition) is 3. The number of carbonyl (C=O) groups is 7. The van der Waals surface area contributed by atoms with E-state index >= 15 is 0 Å². The molecule has 0 aliphatic carbocycles. The van der Waals surface area contributed by atoms with Crippen LogP contribution in [0.3, 0.4) is 0 Å². The monoisotopic (exact) mass is 1090 g/mol. The van der Waals surface area contributed by atoms with E-state index in [-0.39, 0.29) is 43.7 Å². The van der Waals surface area contributed by atoms with Crippen LogP contribution in [0.15, 0.2) is 60.7 Å². The minimum atomic E-state index is -5.19. The number of aromatic carboxylic acids is 1. The number of amides is 5. The van der Waals surface area contributed by atoms with Crippen molar-refractivity contribution in [3.63, 3.8) is 0 Å². The molecule has 2 aliphatic rings. The Morgan fingerprint density at radius 3 is 1.08 bits per heavy atom. The fraction of sp³-hybridized carbons (Fsp3) is 0.521. The molecule has 2 aromatic rings. The first-order valence-corrected chi connectivity index (χ1v) is 23.2. The Bertz CT molecular complexity index is 2020. The second kappa shape index (κ2) is 40.5. The Morgan fingerprint density at radius 2 is 0.803 bits per heavy atom. The van der Waals surface area contributed by atoms with Crippen molar-refractivity contribution < 1.29 is 120 Å². The smallest absolute Gasteiger partial charge is 0.430 e. The van der Waals surface area contributed by atoms with Crippen molar-refractivity contribution >= 4 is 41.5 Å². The number of benzene rings is 2. The summed E-state index contributed by atoms with van der Waals surface area (Å²) in [4.78, 5) is 79.7. The van der Waals surface area contributed by atoms with Crippen molar-refractivity contribution in [3.05, 3.63) is 71.8 Å². The summed E-state index contributed by atoms with van der Waals surface area (Å²) in [6, 6.07) is 9.37. The van der Waals surface area contributed by atoms with Crippen LogP contribution in [0.1, 0.15) is 20.7 Å². The summed E-state index contributed by atoms with van der Waals surface area (Å²) in [5.41, 5.74) is 3.95. The molecular weight excluding hydrogens is 1030 g/mol. The lowest BCUT2D eigenvalue weighted by molar-refractivity contribution is -0.367. The fourth-order valence-electron chi connectivity index (χ4n) is 5.43. The van der Waals surface area contributed by atoms with Crippen LogP contribution in [0.5, 0.6) is 23.0 Å². The third kappa shape index (κ3) is 30.6. The lowest BCUT2D eigenvalue weighted by atomic mass is 10.2. The van der Waals surface area contributed by atoms with Crippen LogP contribution < -0.4 is 35.1 Å². The summed E-state index contributed by atoms with van der Waals surface area (Å²) in [5.74, 6) is -4.01. The number of halogens is 3. The Balaban J connectivity index is 0.000000594. The minimum absolute atomic E-state index is 0.0770. The second-order valence-electron chi connectivity index (χ2n) is 14.7. The van der Waals surface area contributed by atoms with Crippen LogP contribution in [0.4, 0.5) is 13.2 Å². The second-order valence-corrected chi connectivity index (χ2v) is 14.7. The SMILES string of the molecule is COCCOCCOc1cc(OCCOCCOC)cc(C(=O)NCCN2C(=O)C=CC2=O)c1.COCCOCCOc1cc(OCCOCCOC)cc(C(=O)O)c1.O=C([O-])C(F)(F)F.[NH3+]CCN1C(=O)C=CC1=O. The van der Waals surface area contributed by atoms with Gasteiger partial charge in [-0.15, -0.1) is 0 Å². The van der Waals surface area contributed by atoms with Gasteiger partial charge in [0.1, 0.15) is 55.4 Å². The van der Waals surface area contributed by atoms with Gasteiger partial charge in [-0.2, -0.15) is 13.2 Å². The van der Waals surface area contributed by atoms with Crippen molar-refractivity contribution in [1.29, 1.82) is 0 Å². The zero-order valence-electron chi connectivity index (χ0n) is 42.8. The van der Waals surface area contributed by atoms with Crippen molar-refractivity contribution in [3.8, 4) is 23.0 Å². The molecule has 5 amide bonds. The van der Waals surface area contributed by atoms with Crippen LogP contribution in [-0.2, 0) is 61.9 Å². The summed E-state index contributed by atoms with van der Waals surface area (Å²) < 4.78 is 94.9. The molecule has 25 nitrogen and oxygen atoms in total. The van der Waals surface area contributed by atoms with Crippen molar-refractivity contribution in [2.75, 3.05) is 160 Å². The first-order chi connectivity index (χ1) is 36.4. The van der Waals surface area contributed by atoms with Crippen molar-refractivity contribution in [1.82, 2.24) is 15.1 Å². The molecule has 28 heteroatoms. The quantitative estimate of drug-likeness (QED) is 0.0570. The zero-order valence-corrected chi connectivity index (χ0v) is 42.8. The number of rotatable bonds is 35. The minimum Gasteiger partial charge on any atom is -0.542 e. The first kappa shape index (κ1) is 67.3. The maximum atomic E-state index is 12.7. The van der Waals surface area contributed by atoms with Gasteiger partial charge in [0.2, 0.25) is 0 Å². The van der Waals surface area contributed by atoms with Crippen LogP contribution in [0.2, 0.25) is 0 Å². The van der Waals surface area contributed by atoms with E-state index in [1.165, 1.54) is 41.3 Å². The Hall–Kier alpha value is -6.76. The number of imide groups is 2. The molecule has 0 bridgehead atoms. The van der Waals surface area contributed by atoms with Gasteiger partial charge in [-0.3, -0.25) is 33.8 Å². The molecule has 0 aromatic heterocycles. The number of carboxylic acids is 2. The van der Waals surface area contributed by atoms with E-state index in [4.69, 9.17) is 66.7 Å². The number of nitrogens with one attached hydrogen (secondary N) is 1. The predicted molar refractivity (Wildman–Crippen MR) is 255 cm³/mol. The van der Waals surface area contributed by atoms with Gasteiger partial charge in [-0.25, -0.2) is 4.79 Å². The van der Waals surface area contributed by atoms with Crippen LogP contribution in [0.25, 0.3) is 0 Å². The van der Waals surface area contributed by atoms with Gasteiger partial charge in [0.15, 0.2) is 0 Å². The average molecular weight is 1090 g/mol. The highest BCUT2D eigenvalue weighted by atomic mass is 19.4. The summed E-state index contributed by atoms with van der Waals surface area (Å²) in [6.45, 7) is 7.68. The molecule has 0 unspecified atom stereocenters. The standard InChI is InChI=1S/C23H32N2O9.C17H26O8.C6H8N2O2.C2HF3O2/c1-29-7-9-31-11-13-33-19-15-18(16-20(17-19)34-14-12-32-10-8-30-2)23(28)24-5-6-25-21(26)3-4-22(25)27;1-20-3-5-22-7-9-24-15-11-14(17(18)19)12-16(13-15)25-10-8-23-6-4-21-2;7-3-4-8-5(9)1-2-6(8)10;3-2(4,5)1(6)7/h3-4,15-17H,5-14H2,1-2H3,(H,24,28);11-13H,3-10H2,1-2H3,(H,18,19);1-2H,3-4,7H2;(H,6,7). The van der Waals surface area contributed by atoms with E-state index in [2.05, 4.69) is 11.1 Å². The van der Waals surface area contributed by atoms with Crippen LogP contribution in [0, 0.1) is 0 Å². The van der Waals surface area contributed by atoms with E-state index in [9.17, 15) is 47.0 Å². The molecule has 0 fully saturated rings. The average Bonchev–Trinajstić information content (AvgIpc) is 3.89. The number of nitrogens with zero attached hydrogens (tertiary/aromatic N) is 2. The molecule has 2 heterocycles. The Morgan fingerprint density at radius 1 is 0.513 bits per heavy atom. The third-order valence-electron chi connectivity index (χ3n) is 9.02. The number of ether oxygens (including phenoxy) is 12. The van der Waals surface area contributed by atoms with Gasteiger partial charge in [0.05, 0.1) is 97.9 Å². The van der Waals surface area contributed by atoms with Gasteiger partial charge in [0.25, 0.3) is 29.5 Å². The topological polar surface area (TPSA) is 320 Å². The van der Waals surface area contributed by atoms with Gasteiger partial charge in [-0.05, 0) is 24.3 Å². The predicted octanol–water partition coefficient (Wildman–Crippen LogP) is -0.655. The van der Waals surface area contributed by atoms with Gasteiger partial charge < -0.3 is 82.9 Å². The van der Waals surface area contributed by atoms with Crippen LogP contribution >= 0.6 is 0 Å². The van der Waals surface area contributed by atoms with Gasteiger partial charge in [0, 0.05) is 83.5 Å². The molecule has 5 N–H and O–H groups in total. The summed E-state index contributed by atoms with van der Waals surface area (Å²) in [5, 5.41) is 20.7. The molecule has 2 aliphatic heterocycles. The van der Waals surface area contributed by atoms with E-state index in [0.717, 1.165) is 4.90 Å². The molecule has 4 rings (SSSR count). The van der Waals surface area contributed by atoms with Crippen molar-refractivity contribution in [2.24, 2.45) is 0 Å². The highest BCUT2D eigenvalue weighted by Gasteiger charge is 2.29.